The number of carbonyl (C=O) groups is 3. The summed E-state index contributed by atoms with van der Waals surface area (Å²) >= 11 is 0. The molecule has 25 heavy (non-hydrogen) atoms. The lowest BCUT2D eigenvalue weighted by Crippen LogP contribution is -2.59. The molecule has 0 radical (unpaired) electrons. The summed E-state index contributed by atoms with van der Waals surface area (Å²) in [6, 6.07) is -0.984. The minimum absolute atomic E-state index is 0.0437. The highest BCUT2D eigenvalue weighted by atomic mass is 16.6. The number of piperazine rings is 1. The third-order valence-corrected chi connectivity index (χ3v) is 3.62. The van der Waals surface area contributed by atoms with Crippen LogP contribution < -0.4 is 0 Å². The number of carbonyl (C=O) groups excluding carboxylic acids is 2. The summed E-state index contributed by atoms with van der Waals surface area (Å²) in [6.07, 6.45) is 3.65. The predicted molar refractivity (Wildman–Crippen MR) is 87.2 cm³/mol. The predicted octanol–water partition coefficient (Wildman–Crippen LogP) is 0.665. The van der Waals surface area contributed by atoms with Gasteiger partial charge in [0.1, 0.15) is 17.3 Å². The van der Waals surface area contributed by atoms with Crippen molar-refractivity contribution >= 4 is 17.8 Å². The average Bonchev–Trinajstić information content (AvgIpc) is 2.54. The Balaban J connectivity index is 2.03. The maximum Gasteiger partial charge on any atom is 0.410 e. The van der Waals surface area contributed by atoms with Crippen LogP contribution in [0, 0.1) is 0 Å². The monoisotopic (exact) mass is 350 g/mol. The number of ketones is 1. The van der Waals surface area contributed by atoms with Gasteiger partial charge < -0.3 is 14.7 Å². The molecule has 0 unspecified atom stereocenters. The van der Waals surface area contributed by atoms with Crippen LogP contribution in [-0.2, 0) is 9.53 Å². The molecule has 1 aromatic rings. The molecular formula is C16H22N4O5. The molecule has 1 atom stereocenters. The Morgan fingerprint density at radius 2 is 2.00 bits per heavy atom. The number of nitrogens with zero attached hydrogens (tertiary/aromatic N) is 4. The molecule has 9 heteroatoms. The van der Waals surface area contributed by atoms with Crippen LogP contribution in [0.3, 0.4) is 0 Å². The fourth-order valence-electron chi connectivity index (χ4n) is 2.44. The number of aromatic nitrogens is 2. The number of carboxylic acids is 1. The van der Waals surface area contributed by atoms with Crippen LogP contribution in [0.4, 0.5) is 4.79 Å². The van der Waals surface area contributed by atoms with Gasteiger partial charge in [-0.05, 0) is 20.8 Å². The second kappa shape index (κ2) is 7.56. The van der Waals surface area contributed by atoms with Crippen molar-refractivity contribution in [3.63, 3.8) is 0 Å². The second-order valence-electron chi connectivity index (χ2n) is 6.76. The van der Waals surface area contributed by atoms with E-state index in [1.807, 2.05) is 0 Å². The zero-order valence-electron chi connectivity index (χ0n) is 14.5. The zero-order valence-corrected chi connectivity index (χ0v) is 14.5. The van der Waals surface area contributed by atoms with Gasteiger partial charge in [0.05, 0.1) is 19.3 Å². The Bertz CT molecular complexity index is 644. The van der Waals surface area contributed by atoms with E-state index < -0.39 is 23.7 Å². The van der Waals surface area contributed by atoms with Crippen LogP contribution in [0.2, 0.25) is 0 Å². The van der Waals surface area contributed by atoms with E-state index in [9.17, 15) is 19.5 Å². The molecule has 1 N–H and O–H groups in total. The lowest BCUT2D eigenvalue weighted by atomic mass is 10.1. The Morgan fingerprint density at radius 1 is 1.28 bits per heavy atom. The molecule has 1 fully saturated rings. The van der Waals surface area contributed by atoms with Gasteiger partial charge in [-0.1, -0.05) is 0 Å². The van der Waals surface area contributed by atoms with Crippen molar-refractivity contribution in [3.05, 3.63) is 24.3 Å². The quantitative estimate of drug-likeness (QED) is 0.788. The molecule has 2 rings (SSSR count). The molecule has 0 aliphatic carbocycles. The number of hydrogen-bond donors (Lipinski definition) is 1. The highest BCUT2D eigenvalue weighted by molar-refractivity contribution is 5.95. The summed E-state index contributed by atoms with van der Waals surface area (Å²) in [5.41, 5.74) is -0.476. The lowest BCUT2D eigenvalue weighted by molar-refractivity contribution is -0.145. The van der Waals surface area contributed by atoms with Crippen LogP contribution in [0.5, 0.6) is 0 Å². The number of amides is 1. The van der Waals surface area contributed by atoms with Crippen LogP contribution in [0.1, 0.15) is 31.3 Å². The molecule has 1 saturated heterocycles. The van der Waals surface area contributed by atoms with Gasteiger partial charge in [-0.15, -0.1) is 0 Å². The van der Waals surface area contributed by atoms with E-state index in [1.54, 1.807) is 20.8 Å². The SMILES string of the molecule is CC(C)(C)OC(=O)N1CCN(CC(=O)c2cnccn2)[C@H](C(=O)O)C1. The topological polar surface area (TPSA) is 113 Å². The molecule has 0 spiro atoms. The second-order valence-corrected chi connectivity index (χ2v) is 6.76. The van der Waals surface area contributed by atoms with Crippen molar-refractivity contribution in [2.75, 3.05) is 26.2 Å². The molecule has 1 aliphatic heterocycles. The number of carboxylic acid groups (broad SMARTS) is 1. The first kappa shape index (κ1) is 18.8. The third kappa shape index (κ3) is 5.21. The molecular weight excluding hydrogens is 328 g/mol. The summed E-state index contributed by atoms with van der Waals surface area (Å²) in [6.45, 7) is 5.63. The molecule has 136 valence electrons. The average molecular weight is 350 g/mol. The van der Waals surface area contributed by atoms with Gasteiger partial charge in [-0.3, -0.25) is 19.5 Å². The van der Waals surface area contributed by atoms with E-state index in [2.05, 4.69) is 9.97 Å². The lowest BCUT2D eigenvalue weighted by Gasteiger charge is -2.39. The first-order valence-corrected chi connectivity index (χ1v) is 7.91. The van der Waals surface area contributed by atoms with Gasteiger partial charge in [-0.2, -0.15) is 0 Å². The Hall–Kier alpha value is -2.55. The largest absolute Gasteiger partial charge is 0.480 e. The van der Waals surface area contributed by atoms with E-state index in [4.69, 9.17) is 4.74 Å². The summed E-state index contributed by atoms with van der Waals surface area (Å²) in [5, 5.41) is 9.46. The van der Waals surface area contributed by atoms with Crippen LogP contribution in [0.25, 0.3) is 0 Å². The number of rotatable bonds is 4. The molecule has 9 nitrogen and oxygen atoms in total. The summed E-state index contributed by atoms with van der Waals surface area (Å²) in [5.74, 6) is -1.41. The van der Waals surface area contributed by atoms with Gasteiger partial charge in [0.2, 0.25) is 0 Å². The number of Topliss-reactive ketones (excluding diaryl/α,β-unsaturated/α-hetero) is 1. The molecule has 0 bridgehead atoms. The molecule has 1 aromatic heterocycles. The van der Waals surface area contributed by atoms with Crippen LogP contribution in [-0.4, -0.2) is 80.5 Å². The number of hydrogen-bond acceptors (Lipinski definition) is 7. The minimum atomic E-state index is -1.10. The van der Waals surface area contributed by atoms with E-state index in [1.165, 1.54) is 28.4 Å². The highest BCUT2D eigenvalue weighted by Gasteiger charge is 2.36. The fraction of sp³-hybridized carbons (Fsp3) is 0.562. The van der Waals surface area contributed by atoms with Crippen molar-refractivity contribution in [1.29, 1.82) is 0 Å². The van der Waals surface area contributed by atoms with E-state index in [0.29, 0.717) is 0 Å². The first-order chi connectivity index (χ1) is 11.7. The molecule has 1 aliphatic rings. The van der Waals surface area contributed by atoms with Crippen molar-refractivity contribution < 1.29 is 24.2 Å². The van der Waals surface area contributed by atoms with Crippen molar-refractivity contribution in [2.24, 2.45) is 0 Å². The first-order valence-electron chi connectivity index (χ1n) is 7.91. The molecule has 0 aromatic carbocycles. The summed E-state index contributed by atoms with van der Waals surface area (Å²) < 4.78 is 5.28. The van der Waals surface area contributed by atoms with Gasteiger partial charge in [0.25, 0.3) is 0 Å². The van der Waals surface area contributed by atoms with Gasteiger partial charge >= 0.3 is 12.1 Å². The van der Waals surface area contributed by atoms with Gasteiger partial charge in [0, 0.05) is 25.5 Å². The maximum atomic E-state index is 12.2. The summed E-state index contributed by atoms with van der Waals surface area (Å²) in [7, 11) is 0. The van der Waals surface area contributed by atoms with Crippen molar-refractivity contribution in [1.82, 2.24) is 19.8 Å². The number of aliphatic carboxylic acids is 1. The van der Waals surface area contributed by atoms with Gasteiger partial charge in [-0.25, -0.2) is 9.78 Å². The Kier molecular flexibility index (Phi) is 5.68. The molecule has 0 saturated carbocycles. The smallest absolute Gasteiger partial charge is 0.410 e. The molecule has 1 amide bonds. The maximum absolute atomic E-state index is 12.2. The van der Waals surface area contributed by atoms with Crippen LogP contribution >= 0.6 is 0 Å². The number of ether oxygens (including phenoxy) is 1. The molecule has 2 heterocycles. The standard InChI is InChI=1S/C16H22N4O5/c1-16(2,3)25-15(24)20-7-6-19(12(9-20)14(22)23)10-13(21)11-8-17-4-5-18-11/h4-5,8,12H,6-7,9-10H2,1-3H3,(H,22,23)/t12-/m0/s1. The third-order valence-electron chi connectivity index (χ3n) is 3.62. The van der Waals surface area contributed by atoms with Gasteiger partial charge in [0.15, 0.2) is 5.78 Å². The Morgan fingerprint density at radius 3 is 2.56 bits per heavy atom. The highest BCUT2D eigenvalue weighted by Crippen LogP contribution is 2.15. The Labute approximate surface area is 145 Å². The minimum Gasteiger partial charge on any atom is -0.480 e. The van der Waals surface area contributed by atoms with E-state index >= 15 is 0 Å². The fourth-order valence-corrected chi connectivity index (χ4v) is 2.44. The van der Waals surface area contributed by atoms with Crippen molar-refractivity contribution in [3.8, 4) is 0 Å². The van der Waals surface area contributed by atoms with E-state index in [-0.39, 0.29) is 37.7 Å². The van der Waals surface area contributed by atoms with E-state index in [0.717, 1.165) is 0 Å². The zero-order chi connectivity index (χ0) is 18.6. The normalized spacial score (nSPS) is 18.7. The summed E-state index contributed by atoms with van der Waals surface area (Å²) in [4.78, 5) is 46.6. The van der Waals surface area contributed by atoms with Crippen molar-refractivity contribution in [2.45, 2.75) is 32.4 Å². The van der Waals surface area contributed by atoms with Crippen LogP contribution in [0.15, 0.2) is 18.6 Å².